The van der Waals surface area contributed by atoms with Crippen molar-refractivity contribution in [2.75, 3.05) is 32.8 Å². The first-order chi connectivity index (χ1) is 17.6. The van der Waals surface area contributed by atoms with Crippen molar-refractivity contribution in [2.45, 2.75) is 51.6 Å². The molecule has 2 aliphatic heterocycles. The molecule has 0 bridgehead atoms. The van der Waals surface area contributed by atoms with E-state index in [2.05, 4.69) is 0 Å². The fraction of sp³-hybridized carbons (Fsp3) is 0.500. The quantitative estimate of drug-likeness (QED) is 0.431. The van der Waals surface area contributed by atoms with Crippen LogP contribution in [0.3, 0.4) is 0 Å². The van der Waals surface area contributed by atoms with Gasteiger partial charge in [-0.3, -0.25) is 9.59 Å². The molecule has 200 valence electrons. The lowest BCUT2D eigenvalue weighted by molar-refractivity contribution is -0.137. The van der Waals surface area contributed by atoms with Gasteiger partial charge in [0.1, 0.15) is 5.75 Å². The van der Waals surface area contributed by atoms with Gasteiger partial charge in [-0.1, -0.05) is 11.6 Å². The molecule has 37 heavy (non-hydrogen) atoms. The zero-order valence-corrected chi connectivity index (χ0v) is 21.7. The predicted octanol–water partition coefficient (Wildman–Crippen LogP) is 6.37. The minimum Gasteiger partial charge on any atom is -0.493 e. The Morgan fingerprint density at radius 1 is 0.973 bits per heavy atom. The van der Waals surface area contributed by atoms with Crippen LogP contribution in [0.15, 0.2) is 42.5 Å². The average Bonchev–Trinajstić information content (AvgIpc) is 2.89. The van der Waals surface area contributed by atoms with Crippen molar-refractivity contribution in [3.05, 3.63) is 64.2 Å². The second-order valence-corrected chi connectivity index (χ2v) is 10.6. The Hall–Kier alpha value is -2.74. The van der Waals surface area contributed by atoms with E-state index in [1.807, 2.05) is 17.9 Å². The van der Waals surface area contributed by atoms with Crippen molar-refractivity contribution < 1.29 is 27.5 Å². The Bertz CT molecular complexity index is 1120. The highest BCUT2D eigenvalue weighted by atomic mass is 35.5. The van der Waals surface area contributed by atoms with Crippen LogP contribution in [0.2, 0.25) is 5.02 Å². The highest BCUT2D eigenvalue weighted by Crippen LogP contribution is 2.37. The smallest absolute Gasteiger partial charge is 0.416 e. The molecular formula is C28H32ClF3N2O3. The molecule has 4 rings (SSSR count). The molecule has 0 unspecified atom stereocenters. The van der Waals surface area contributed by atoms with E-state index in [1.165, 1.54) is 12.1 Å². The maximum Gasteiger partial charge on any atom is 0.416 e. The van der Waals surface area contributed by atoms with Gasteiger partial charge >= 0.3 is 6.18 Å². The van der Waals surface area contributed by atoms with Crippen LogP contribution in [-0.2, 0) is 11.0 Å². The molecule has 0 radical (unpaired) electrons. The number of hydrogen-bond acceptors (Lipinski definition) is 3. The monoisotopic (exact) mass is 536 g/mol. The van der Waals surface area contributed by atoms with Crippen LogP contribution in [0.25, 0.3) is 0 Å². The molecule has 2 fully saturated rings. The molecule has 0 aliphatic carbocycles. The van der Waals surface area contributed by atoms with E-state index in [4.69, 9.17) is 16.3 Å². The van der Waals surface area contributed by atoms with E-state index in [9.17, 15) is 22.8 Å². The summed E-state index contributed by atoms with van der Waals surface area (Å²) in [4.78, 5) is 30.1. The second kappa shape index (κ2) is 11.3. The summed E-state index contributed by atoms with van der Waals surface area (Å²) in [7, 11) is 0. The molecule has 2 heterocycles. The van der Waals surface area contributed by atoms with Crippen molar-refractivity contribution in [3.8, 4) is 5.75 Å². The molecule has 9 heteroatoms. The third-order valence-electron chi connectivity index (χ3n) is 7.32. The number of aryl methyl sites for hydroxylation is 1. The zero-order valence-electron chi connectivity index (χ0n) is 21.0. The van der Waals surface area contributed by atoms with Crippen molar-refractivity contribution in [3.63, 3.8) is 0 Å². The number of rotatable bonds is 6. The number of halogens is 4. The Kier molecular flexibility index (Phi) is 8.36. The fourth-order valence-electron chi connectivity index (χ4n) is 5.20. The molecule has 0 aromatic heterocycles. The van der Waals surface area contributed by atoms with Crippen molar-refractivity contribution in [1.29, 1.82) is 0 Å². The number of amides is 2. The Balaban J connectivity index is 1.53. The summed E-state index contributed by atoms with van der Waals surface area (Å²) >= 11 is 6.15. The van der Waals surface area contributed by atoms with E-state index in [0.29, 0.717) is 36.7 Å². The van der Waals surface area contributed by atoms with Gasteiger partial charge in [0, 0.05) is 48.6 Å². The van der Waals surface area contributed by atoms with E-state index in [-0.39, 0.29) is 30.4 Å². The van der Waals surface area contributed by atoms with Crippen LogP contribution in [0.1, 0.15) is 60.0 Å². The lowest BCUT2D eigenvalue weighted by Gasteiger charge is -2.43. The number of hydrogen-bond donors (Lipinski definition) is 0. The third-order valence-corrected chi connectivity index (χ3v) is 7.74. The van der Waals surface area contributed by atoms with Gasteiger partial charge in [-0.05, 0) is 87.1 Å². The molecule has 1 atom stereocenters. The molecule has 0 N–H and O–H groups in total. The van der Waals surface area contributed by atoms with Crippen LogP contribution in [-0.4, -0.2) is 54.4 Å². The highest BCUT2D eigenvalue weighted by molar-refractivity contribution is 6.31. The number of carbonyl (C=O) groups is 2. The normalized spacial score (nSPS) is 20.6. The molecular weight excluding hydrogens is 505 g/mol. The molecule has 2 aliphatic rings. The first-order valence-electron chi connectivity index (χ1n) is 12.7. The summed E-state index contributed by atoms with van der Waals surface area (Å²) in [5.41, 5.74) is -0.335. The number of carbonyl (C=O) groups excluding carboxylic acids is 2. The second-order valence-electron chi connectivity index (χ2n) is 10.2. The molecule has 0 spiro atoms. The Labute approximate surface area is 220 Å². The van der Waals surface area contributed by atoms with E-state index in [0.717, 1.165) is 50.0 Å². The van der Waals surface area contributed by atoms with Crippen molar-refractivity contribution >= 4 is 23.4 Å². The van der Waals surface area contributed by atoms with Gasteiger partial charge in [-0.2, -0.15) is 13.2 Å². The number of ether oxygens (including phenoxy) is 1. The summed E-state index contributed by atoms with van der Waals surface area (Å²) in [5.74, 6) is 0.350. The summed E-state index contributed by atoms with van der Waals surface area (Å²) in [6.07, 6.45) is 0.238. The van der Waals surface area contributed by atoms with Gasteiger partial charge < -0.3 is 14.5 Å². The van der Waals surface area contributed by atoms with Crippen molar-refractivity contribution in [2.24, 2.45) is 5.41 Å². The molecule has 2 saturated heterocycles. The van der Waals surface area contributed by atoms with Crippen LogP contribution in [0.4, 0.5) is 13.2 Å². The SMILES string of the molecule is Cc1cc(OC[C@]2(CC(=O)N3CCCCC3)CCCN(C(=O)c3ccc(C(F)(F)F)cc3)C2)ccc1Cl. The fourth-order valence-corrected chi connectivity index (χ4v) is 5.32. The summed E-state index contributed by atoms with van der Waals surface area (Å²) in [6.45, 7) is 4.36. The molecule has 2 amide bonds. The maximum atomic E-state index is 13.3. The lowest BCUT2D eigenvalue weighted by Crippen LogP contribution is -2.51. The van der Waals surface area contributed by atoms with Gasteiger partial charge in [0.05, 0.1) is 12.2 Å². The summed E-state index contributed by atoms with van der Waals surface area (Å²) in [6, 6.07) is 9.67. The Morgan fingerprint density at radius 3 is 2.30 bits per heavy atom. The lowest BCUT2D eigenvalue weighted by atomic mass is 9.77. The standard InChI is InChI=1S/C28H32ClF3N2O3/c1-20-16-23(10-11-24(20)29)37-19-27(17-25(35)33-13-3-2-4-14-33)12-5-15-34(18-27)26(36)21-6-8-22(9-7-21)28(30,31)32/h6-11,16H,2-5,12-15,17-19H2,1H3/t27-/m0/s1. The molecule has 5 nitrogen and oxygen atoms in total. The van der Waals surface area contributed by atoms with Gasteiger partial charge in [-0.15, -0.1) is 0 Å². The highest BCUT2D eigenvalue weighted by Gasteiger charge is 2.41. The number of alkyl halides is 3. The van der Waals surface area contributed by atoms with Crippen molar-refractivity contribution in [1.82, 2.24) is 9.80 Å². The molecule has 2 aromatic carbocycles. The van der Waals surface area contributed by atoms with Crippen LogP contribution in [0, 0.1) is 12.3 Å². The van der Waals surface area contributed by atoms with E-state index < -0.39 is 17.2 Å². The van der Waals surface area contributed by atoms with Crippen LogP contribution >= 0.6 is 11.6 Å². The van der Waals surface area contributed by atoms with Crippen LogP contribution in [0.5, 0.6) is 5.75 Å². The summed E-state index contributed by atoms with van der Waals surface area (Å²) < 4.78 is 45.1. The minimum atomic E-state index is -4.46. The first-order valence-corrected chi connectivity index (χ1v) is 13.1. The van der Waals surface area contributed by atoms with Gasteiger partial charge in [0.2, 0.25) is 5.91 Å². The Morgan fingerprint density at radius 2 is 1.65 bits per heavy atom. The predicted molar refractivity (Wildman–Crippen MR) is 136 cm³/mol. The number of nitrogens with zero attached hydrogens (tertiary/aromatic N) is 2. The van der Waals surface area contributed by atoms with Crippen LogP contribution < -0.4 is 4.74 Å². The van der Waals surface area contributed by atoms with E-state index in [1.54, 1.807) is 17.0 Å². The first kappa shape index (κ1) is 27.3. The molecule has 0 saturated carbocycles. The topological polar surface area (TPSA) is 49.9 Å². The molecule has 2 aromatic rings. The number of likely N-dealkylation sites (tertiary alicyclic amines) is 2. The average molecular weight is 537 g/mol. The number of benzene rings is 2. The maximum absolute atomic E-state index is 13.3. The third kappa shape index (κ3) is 6.78. The van der Waals surface area contributed by atoms with E-state index >= 15 is 0 Å². The summed E-state index contributed by atoms with van der Waals surface area (Å²) in [5, 5.41) is 0.633. The minimum absolute atomic E-state index is 0.0550. The van der Waals surface area contributed by atoms with Gasteiger partial charge in [0.25, 0.3) is 5.91 Å². The zero-order chi connectivity index (χ0) is 26.6. The van der Waals surface area contributed by atoms with Gasteiger partial charge in [-0.25, -0.2) is 0 Å². The largest absolute Gasteiger partial charge is 0.493 e. The van der Waals surface area contributed by atoms with Gasteiger partial charge in [0.15, 0.2) is 0 Å². The number of piperidine rings is 2.